The van der Waals surface area contributed by atoms with Crippen molar-refractivity contribution in [2.45, 2.75) is 38.5 Å². The van der Waals surface area contributed by atoms with Gasteiger partial charge in [0.05, 0.1) is 11.6 Å². The average molecular weight is 411 g/mol. The van der Waals surface area contributed by atoms with Crippen LogP contribution in [-0.2, 0) is 11.2 Å². The molecule has 3 N–H and O–H groups in total. The summed E-state index contributed by atoms with van der Waals surface area (Å²) in [5.74, 6) is 0.581. The summed E-state index contributed by atoms with van der Waals surface area (Å²) in [4.78, 5) is 21.0. The second-order valence-electron chi connectivity index (χ2n) is 7.80. The van der Waals surface area contributed by atoms with E-state index in [1.165, 1.54) is 4.90 Å². The molecule has 0 aliphatic heterocycles. The fourth-order valence-corrected chi connectivity index (χ4v) is 3.46. The summed E-state index contributed by atoms with van der Waals surface area (Å²) in [7, 11) is 3.43. The predicted molar refractivity (Wildman–Crippen MR) is 117 cm³/mol. The van der Waals surface area contributed by atoms with Gasteiger partial charge in [-0.05, 0) is 38.0 Å². The highest BCUT2D eigenvalue weighted by Crippen LogP contribution is 2.29. The molecule has 7 heteroatoms. The molecule has 1 amide bonds. The minimum absolute atomic E-state index is 0.0798. The lowest BCUT2D eigenvalue weighted by molar-refractivity contribution is -0.135. The molecule has 0 fully saturated rings. The maximum absolute atomic E-state index is 12.1. The monoisotopic (exact) mass is 410 g/mol. The van der Waals surface area contributed by atoms with Crippen LogP contribution >= 0.6 is 0 Å². The number of likely N-dealkylation sites (N-methyl/N-ethyl adjacent to an activating group) is 1. The van der Waals surface area contributed by atoms with Crippen LogP contribution < -0.4 is 10.1 Å². The molecule has 0 aliphatic rings. The van der Waals surface area contributed by atoms with Gasteiger partial charge in [-0.1, -0.05) is 18.2 Å². The van der Waals surface area contributed by atoms with Crippen molar-refractivity contribution in [3.8, 4) is 5.75 Å². The predicted octanol–water partition coefficient (Wildman–Crippen LogP) is 2.67. The van der Waals surface area contributed by atoms with Gasteiger partial charge in [-0.25, -0.2) is 0 Å². The number of hydrogen-bond donors (Lipinski definition) is 3. The Bertz CT molecular complexity index is 971. The lowest BCUT2D eigenvalue weighted by Gasteiger charge is -2.19. The van der Waals surface area contributed by atoms with Crippen LogP contribution in [0.4, 0.5) is 0 Å². The van der Waals surface area contributed by atoms with Gasteiger partial charge in [0.1, 0.15) is 5.75 Å². The molecule has 3 atom stereocenters. The minimum atomic E-state index is -0.597. The Morgan fingerprint density at radius 2 is 2.07 bits per heavy atom. The molecule has 0 saturated carbocycles. The van der Waals surface area contributed by atoms with E-state index >= 15 is 0 Å². The number of carbonyl (C=O) groups excluding carboxylic acids is 1. The fourth-order valence-electron chi connectivity index (χ4n) is 3.46. The van der Waals surface area contributed by atoms with Crippen LogP contribution in [0.1, 0.15) is 31.1 Å². The van der Waals surface area contributed by atoms with Crippen molar-refractivity contribution in [3.63, 3.8) is 0 Å². The largest absolute Gasteiger partial charge is 0.479 e. The topological polar surface area (TPSA) is 90.5 Å². The molecule has 0 radical (unpaired) electrons. The van der Waals surface area contributed by atoms with Crippen molar-refractivity contribution in [1.29, 1.82) is 0 Å². The molecule has 160 valence electrons. The summed E-state index contributed by atoms with van der Waals surface area (Å²) in [5.41, 5.74) is 2.83. The SMILES string of the molecule is CC(Oc1cccc2c(C[C@@H](C)NC[C@H](O)c3cccnc3)c[nH]c12)C(=O)N(C)C. The summed E-state index contributed by atoms with van der Waals surface area (Å²) in [6.07, 6.45) is 4.98. The minimum Gasteiger partial charge on any atom is -0.479 e. The Balaban J connectivity index is 1.65. The molecule has 7 nitrogen and oxygen atoms in total. The second kappa shape index (κ2) is 9.73. The van der Waals surface area contributed by atoms with E-state index in [1.54, 1.807) is 33.4 Å². The van der Waals surface area contributed by atoms with E-state index in [0.29, 0.717) is 12.3 Å². The molecular weight excluding hydrogens is 380 g/mol. The van der Waals surface area contributed by atoms with Crippen LogP contribution in [0.15, 0.2) is 48.9 Å². The van der Waals surface area contributed by atoms with Crippen molar-refractivity contribution in [3.05, 3.63) is 60.0 Å². The third kappa shape index (κ3) is 5.17. The van der Waals surface area contributed by atoms with Crippen molar-refractivity contribution in [1.82, 2.24) is 20.2 Å². The van der Waals surface area contributed by atoms with E-state index in [4.69, 9.17) is 4.74 Å². The molecule has 0 spiro atoms. The Morgan fingerprint density at radius 1 is 1.27 bits per heavy atom. The molecule has 0 aliphatic carbocycles. The van der Waals surface area contributed by atoms with Gasteiger partial charge in [0.25, 0.3) is 5.91 Å². The Hall–Kier alpha value is -2.90. The Morgan fingerprint density at radius 3 is 2.77 bits per heavy atom. The number of benzene rings is 1. The van der Waals surface area contributed by atoms with Gasteiger partial charge >= 0.3 is 0 Å². The first-order chi connectivity index (χ1) is 14.4. The van der Waals surface area contributed by atoms with E-state index in [9.17, 15) is 9.90 Å². The first-order valence-electron chi connectivity index (χ1n) is 10.1. The smallest absolute Gasteiger partial charge is 0.262 e. The van der Waals surface area contributed by atoms with E-state index in [-0.39, 0.29) is 11.9 Å². The van der Waals surface area contributed by atoms with Crippen LogP contribution in [-0.4, -0.2) is 58.7 Å². The van der Waals surface area contributed by atoms with Gasteiger partial charge < -0.3 is 25.0 Å². The summed E-state index contributed by atoms with van der Waals surface area (Å²) in [6.45, 7) is 4.30. The van der Waals surface area contributed by atoms with Crippen LogP contribution in [0.25, 0.3) is 10.9 Å². The number of rotatable bonds is 9. The van der Waals surface area contributed by atoms with E-state index in [2.05, 4.69) is 22.2 Å². The highest BCUT2D eigenvalue weighted by atomic mass is 16.5. The van der Waals surface area contributed by atoms with Gasteiger partial charge in [-0.15, -0.1) is 0 Å². The van der Waals surface area contributed by atoms with Gasteiger partial charge in [0.15, 0.2) is 6.10 Å². The highest BCUT2D eigenvalue weighted by Gasteiger charge is 2.19. The summed E-state index contributed by atoms with van der Waals surface area (Å²) in [6, 6.07) is 9.70. The average Bonchev–Trinajstić information content (AvgIpc) is 3.15. The zero-order chi connectivity index (χ0) is 21.7. The number of aromatic amines is 1. The lowest BCUT2D eigenvalue weighted by atomic mass is 10.1. The highest BCUT2D eigenvalue weighted by molar-refractivity contribution is 5.89. The molecule has 0 bridgehead atoms. The quantitative estimate of drug-likeness (QED) is 0.505. The maximum atomic E-state index is 12.1. The number of aliphatic hydroxyl groups excluding tert-OH is 1. The number of ether oxygens (including phenoxy) is 1. The number of nitrogens with one attached hydrogen (secondary N) is 2. The van der Waals surface area contributed by atoms with Crippen molar-refractivity contribution in [2.24, 2.45) is 0 Å². The maximum Gasteiger partial charge on any atom is 0.262 e. The number of fused-ring (bicyclic) bond motifs is 1. The molecule has 1 unspecified atom stereocenters. The van der Waals surface area contributed by atoms with Crippen molar-refractivity contribution < 1.29 is 14.6 Å². The number of amides is 1. The fraction of sp³-hybridized carbons (Fsp3) is 0.391. The van der Waals surface area contributed by atoms with Gasteiger partial charge in [0.2, 0.25) is 0 Å². The Labute approximate surface area is 177 Å². The van der Waals surface area contributed by atoms with Gasteiger partial charge in [0, 0.05) is 56.2 Å². The molecular formula is C23H30N4O3. The summed E-state index contributed by atoms with van der Waals surface area (Å²) in [5, 5.41) is 14.8. The number of aliphatic hydroxyl groups is 1. The third-order valence-corrected chi connectivity index (χ3v) is 5.11. The van der Waals surface area contributed by atoms with Gasteiger partial charge in [-0.3, -0.25) is 9.78 Å². The number of para-hydroxylation sites is 1. The number of carbonyl (C=O) groups is 1. The molecule has 1 aromatic carbocycles. The summed E-state index contributed by atoms with van der Waals surface area (Å²) < 4.78 is 5.92. The molecule has 2 aromatic heterocycles. The lowest BCUT2D eigenvalue weighted by Crippen LogP contribution is -2.35. The van der Waals surface area contributed by atoms with Crippen molar-refractivity contribution >= 4 is 16.8 Å². The zero-order valence-corrected chi connectivity index (χ0v) is 17.9. The van der Waals surface area contributed by atoms with Crippen molar-refractivity contribution in [2.75, 3.05) is 20.6 Å². The molecule has 2 heterocycles. The Kier molecular flexibility index (Phi) is 7.07. The molecule has 3 aromatic rings. The van der Waals surface area contributed by atoms with E-state index in [1.807, 2.05) is 36.5 Å². The first-order valence-corrected chi connectivity index (χ1v) is 10.1. The first kappa shape index (κ1) is 21.8. The zero-order valence-electron chi connectivity index (χ0n) is 17.9. The normalized spacial score (nSPS) is 14.3. The second-order valence-corrected chi connectivity index (χ2v) is 7.80. The van der Waals surface area contributed by atoms with Crippen LogP contribution in [0.5, 0.6) is 5.75 Å². The summed E-state index contributed by atoms with van der Waals surface area (Å²) >= 11 is 0. The number of pyridine rings is 1. The van der Waals surface area contributed by atoms with E-state index in [0.717, 1.165) is 28.5 Å². The number of H-pyrrole nitrogens is 1. The standard InChI is InChI=1S/C23H30N4O3/c1-15(25-14-20(28)17-7-6-10-24-12-17)11-18-13-26-22-19(18)8-5-9-21(22)30-16(2)23(29)27(3)4/h5-10,12-13,15-16,20,25-26,28H,11,14H2,1-4H3/t15-,16?,20+/m1/s1. The third-order valence-electron chi connectivity index (χ3n) is 5.11. The number of aromatic nitrogens is 2. The molecule has 0 saturated heterocycles. The molecule has 3 rings (SSSR count). The number of nitrogens with zero attached hydrogens (tertiary/aromatic N) is 2. The van der Waals surface area contributed by atoms with Crippen LogP contribution in [0.2, 0.25) is 0 Å². The number of hydrogen-bond acceptors (Lipinski definition) is 5. The van der Waals surface area contributed by atoms with Gasteiger partial charge in [-0.2, -0.15) is 0 Å². The van der Waals surface area contributed by atoms with Crippen LogP contribution in [0.3, 0.4) is 0 Å². The van der Waals surface area contributed by atoms with Crippen LogP contribution in [0, 0.1) is 0 Å². The molecule has 30 heavy (non-hydrogen) atoms. The van der Waals surface area contributed by atoms with E-state index < -0.39 is 12.2 Å².